The number of benzene rings is 4. The minimum absolute atomic E-state index is 0.591. The summed E-state index contributed by atoms with van der Waals surface area (Å²) in [5, 5.41) is 4.92. The molecule has 1 atom stereocenters. The Bertz CT molecular complexity index is 1330. The molecule has 1 heterocycles. The lowest BCUT2D eigenvalue weighted by atomic mass is 9.73. The van der Waals surface area contributed by atoms with Crippen LogP contribution in [0.2, 0.25) is 0 Å². The molecule has 0 aromatic heterocycles. The topological polar surface area (TPSA) is 18.5 Å². The van der Waals surface area contributed by atoms with Crippen molar-refractivity contribution >= 4 is 21.5 Å². The lowest BCUT2D eigenvalue weighted by Gasteiger charge is -2.34. The van der Waals surface area contributed by atoms with Gasteiger partial charge in [0.15, 0.2) is 0 Å². The van der Waals surface area contributed by atoms with Crippen molar-refractivity contribution in [1.82, 2.24) is 0 Å². The molecule has 2 aliphatic rings. The van der Waals surface area contributed by atoms with Crippen molar-refractivity contribution in [3.63, 3.8) is 0 Å². The van der Waals surface area contributed by atoms with E-state index in [2.05, 4.69) is 79.7 Å². The summed E-state index contributed by atoms with van der Waals surface area (Å²) >= 11 is 0. The van der Waals surface area contributed by atoms with Crippen LogP contribution >= 0.6 is 0 Å². The van der Waals surface area contributed by atoms with E-state index in [1.54, 1.807) is 0 Å². The van der Waals surface area contributed by atoms with Crippen molar-refractivity contribution in [2.75, 3.05) is 13.2 Å². The number of hydrogen-bond donors (Lipinski definition) is 0. The maximum atomic E-state index is 6.82. The first-order chi connectivity index (χ1) is 17.8. The molecule has 1 saturated carbocycles. The molecule has 2 heteroatoms. The molecule has 0 N–H and O–H groups in total. The molecule has 0 bridgehead atoms. The van der Waals surface area contributed by atoms with Gasteiger partial charge in [0.1, 0.15) is 11.5 Å². The maximum absolute atomic E-state index is 6.82. The van der Waals surface area contributed by atoms with Crippen molar-refractivity contribution in [2.45, 2.75) is 58.3 Å². The fourth-order valence-electron chi connectivity index (χ4n) is 6.80. The van der Waals surface area contributed by atoms with Crippen LogP contribution in [0.15, 0.2) is 72.8 Å². The summed E-state index contributed by atoms with van der Waals surface area (Å²) in [6, 6.07) is 26.1. The first-order valence-corrected chi connectivity index (χ1v) is 14.1. The van der Waals surface area contributed by atoms with Crippen LogP contribution in [0.25, 0.3) is 32.7 Å². The molecular weight excluding hydrogens is 440 g/mol. The zero-order valence-electron chi connectivity index (χ0n) is 21.5. The van der Waals surface area contributed by atoms with Crippen LogP contribution in [0.3, 0.4) is 0 Å². The van der Waals surface area contributed by atoms with E-state index in [1.165, 1.54) is 77.6 Å². The summed E-state index contributed by atoms with van der Waals surface area (Å²) in [4.78, 5) is 0. The summed E-state index contributed by atoms with van der Waals surface area (Å²) in [7, 11) is 0. The SMILES string of the molecule is CCCC1CCC(C2CCCOc3ccc4ccccc4c3-c3c(ccc4ccccc34)OC2)CC1. The first-order valence-electron chi connectivity index (χ1n) is 14.1. The molecule has 186 valence electrons. The van der Waals surface area contributed by atoms with Gasteiger partial charge < -0.3 is 9.47 Å². The summed E-state index contributed by atoms with van der Waals surface area (Å²) in [5.41, 5.74) is 2.34. The Balaban J connectivity index is 1.42. The van der Waals surface area contributed by atoms with E-state index in [0.717, 1.165) is 43.0 Å². The van der Waals surface area contributed by atoms with Gasteiger partial charge in [0.25, 0.3) is 0 Å². The van der Waals surface area contributed by atoms with Gasteiger partial charge in [-0.2, -0.15) is 0 Å². The van der Waals surface area contributed by atoms with Gasteiger partial charge in [0, 0.05) is 11.1 Å². The van der Waals surface area contributed by atoms with Crippen molar-refractivity contribution in [3.05, 3.63) is 72.8 Å². The largest absolute Gasteiger partial charge is 0.493 e. The first kappa shape index (κ1) is 23.4. The number of fused-ring (bicyclic) bond motifs is 7. The molecule has 0 saturated heterocycles. The predicted molar refractivity (Wildman–Crippen MR) is 151 cm³/mol. The smallest absolute Gasteiger partial charge is 0.127 e. The molecule has 0 radical (unpaired) electrons. The molecule has 4 aromatic carbocycles. The molecule has 0 spiro atoms. The van der Waals surface area contributed by atoms with Crippen LogP contribution in [0, 0.1) is 17.8 Å². The second-order valence-corrected chi connectivity index (χ2v) is 11.0. The molecule has 0 amide bonds. The van der Waals surface area contributed by atoms with E-state index in [4.69, 9.17) is 9.47 Å². The molecule has 1 fully saturated rings. The molecule has 36 heavy (non-hydrogen) atoms. The molecule has 1 aliphatic heterocycles. The average molecular weight is 479 g/mol. The standard InChI is InChI=1S/C34H38O2/c1-2-8-24-14-16-25(17-15-24)28-11-7-22-35-31-20-18-26-9-3-5-12-29(26)33(31)34-30-13-6-4-10-27(30)19-21-32(34)36-23-28/h3-6,9-10,12-13,18-21,24-25,28H,2,7-8,11,14-17,22-23H2,1H3. The van der Waals surface area contributed by atoms with Crippen LogP contribution in [-0.2, 0) is 0 Å². The normalized spacial score (nSPS) is 22.6. The molecular formula is C34H38O2. The monoisotopic (exact) mass is 478 g/mol. The Morgan fingerprint density at radius 2 is 1.25 bits per heavy atom. The Morgan fingerprint density at radius 1 is 0.639 bits per heavy atom. The quantitative estimate of drug-likeness (QED) is 0.292. The van der Waals surface area contributed by atoms with Gasteiger partial charge in [0.05, 0.1) is 13.2 Å². The second kappa shape index (κ2) is 10.5. The second-order valence-electron chi connectivity index (χ2n) is 11.0. The van der Waals surface area contributed by atoms with E-state index in [9.17, 15) is 0 Å². The van der Waals surface area contributed by atoms with E-state index < -0.39 is 0 Å². The third-order valence-corrected chi connectivity index (χ3v) is 8.72. The van der Waals surface area contributed by atoms with Crippen molar-refractivity contribution in [1.29, 1.82) is 0 Å². The summed E-state index contributed by atoms with van der Waals surface area (Å²) in [6.07, 6.45) is 10.5. The summed E-state index contributed by atoms with van der Waals surface area (Å²) in [5.74, 6) is 4.25. The molecule has 4 aromatic rings. The highest BCUT2D eigenvalue weighted by molar-refractivity contribution is 6.09. The van der Waals surface area contributed by atoms with Crippen LogP contribution in [0.5, 0.6) is 11.5 Å². The average Bonchev–Trinajstić information content (AvgIpc) is 2.96. The summed E-state index contributed by atoms with van der Waals surface area (Å²) < 4.78 is 13.4. The molecule has 1 aliphatic carbocycles. The third-order valence-electron chi connectivity index (χ3n) is 8.72. The highest BCUT2D eigenvalue weighted by atomic mass is 16.5. The fraction of sp³-hybridized carbons (Fsp3) is 0.412. The Hall–Kier alpha value is -3.00. The van der Waals surface area contributed by atoms with Gasteiger partial charge in [-0.05, 0) is 77.1 Å². The van der Waals surface area contributed by atoms with Gasteiger partial charge in [0.2, 0.25) is 0 Å². The summed E-state index contributed by atoms with van der Waals surface area (Å²) in [6.45, 7) is 3.88. The van der Waals surface area contributed by atoms with Gasteiger partial charge in [-0.25, -0.2) is 0 Å². The van der Waals surface area contributed by atoms with E-state index in [1.807, 2.05) is 0 Å². The van der Waals surface area contributed by atoms with Crippen LogP contribution in [0.4, 0.5) is 0 Å². The van der Waals surface area contributed by atoms with Crippen molar-refractivity contribution < 1.29 is 9.47 Å². The van der Waals surface area contributed by atoms with E-state index >= 15 is 0 Å². The van der Waals surface area contributed by atoms with Gasteiger partial charge in [-0.3, -0.25) is 0 Å². The highest BCUT2D eigenvalue weighted by Crippen LogP contribution is 2.46. The Morgan fingerprint density at radius 3 is 1.89 bits per heavy atom. The fourth-order valence-corrected chi connectivity index (χ4v) is 6.80. The lowest BCUT2D eigenvalue weighted by Crippen LogP contribution is -2.27. The third kappa shape index (κ3) is 4.59. The minimum atomic E-state index is 0.591. The van der Waals surface area contributed by atoms with Gasteiger partial charge in [-0.15, -0.1) is 0 Å². The number of ether oxygens (including phenoxy) is 2. The van der Waals surface area contributed by atoms with E-state index in [0.29, 0.717) is 5.92 Å². The zero-order chi connectivity index (χ0) is 24.3. The zero-order valence-corrected chi connectivity index (χ0v) is 21.5. The van der Waals surface area contributed by atoms with Crippen LogP contribution in [-0.4, -0.2) is 13.2 Å². The Labute approximate surface area is 215 Å². The number of rotatable bonds is 3. The predicted octanol–water partition coefficient (Wildman–Crippen LogP) is 9.43. The van der Waals surface area contributed by atoms with Crippen LogP contribution < -0.4 is 9.47 Å². The molecule has 6 rings (SSSR count). The van der Waals surface area contributed by atoms with Crippen molar-refractivity contribution in [3.8, 4) is 22.6 Å². The Kier molecular flexibility index (Phi) is 6.86. The lowest BCUT2D eigenvalue weighted by molar-refractivity contribution is 0.128. The molecule has 2 nitrogen and oxygen atoms in total. The van der Waals surface area contributed by atoms with E-state index in [-0.39, 0.29) is 0 Å². The minimum Gasteiger partial charge on any atom is -0.493 e. The molecule has 1 unspecified atom stereocenters. The van der Waals surface area contributed by atoms with Crippen LogP contribution in [0.1, 0.15) is 58.3 Å². The maximum Gasteiger partial charge on any atom is 0.127 e. The van der Waals surface area contributed by atoms with Gasteiger partial charge in [-0.1, -0.05) is 93.3 Å². The number of hydrogen-bond acceptors (Lipinski definition) is 2. The highest BCUT2D eigenvalue weighted by Gasteiger charge is 2.29. The van der Waals surface area contributed by atoms with Crippen molar-refractivity contribution in [2.24, 2.45) is 17.8 Å². The van der Waals surface area contributed by atoms with Gasteiger partial charge >= 0.3 is 0 Å².